The van der Waals surface area contributed by atoms with Gasteiger partial charge in [0.15, 0.2) is 0 Å². The van der Waals surface area contributed by atoms with Gasteiger partial charge in [-0.2, -0.15) is 26.3 Å². The van der Waals surface area contributed by atoms with E-state index < -0.39 is 40.7 Å². The van der Waals surface area contributed by atoms with Crippen LogP contribution in [0.5, 0.6) is 0 Å². The van der Waals surface area contributed by atoms with Gasteiger partial charge in [-0.05, 0) is 23.8 Å². The van der Waals surface area contributed by atoms with Crippen LogP contribution in [0.25, 0.3) is 6.08 Å². The summed E-state index contributed by atoms with van der Waals surface area (Å²) >= 11 is 0. The molecule has 0 aromatic heterocycles. The average molecular weight is 299 g/mol. The van der Waals surface area contributed by atoms with Crippen molar-refractivity contribution in [1.29, 1.82) is 0 Å². The third-order valence-electron chi connectivity index (χ3n) is 2.24. The first-order valence-corrected chi connectivity index (χ1v) is 4.92. The van der Waals surface area contributed by atoms with Gasteiger partial charge >= 0.3 is 18.3 Å². The Labute approximate surface area is 108 Å². The Morgan fingerprint density at radius 2 is 1.55 bits per heavy atom. The Bertz CT molecular complexity index is 559. The van der Waals surface area contributed by atoms with Crippen molar-refractivity contribution in [3.8, 4) is 0 Å². The predicted molar refractivity (Wildman–Crippen MR) is 57.5 cm³/mol. The van der Waals surface area contributed by atoms with E-state index >= 15 is 0 Å². The normalized spacial score (nSPS) is 12.9. The van der Waals surface area contributed by atoms with Crippen LogP contribution in [0.15, 0.2) is 18.2 Å². The third kappa shape index (κ3) is 3.65. The number of anilines is 1. The molecule has 0 saturated carbocycles. The molecule has 0 spiro atoms. The van der Waals surface area contributed by atoms with Crippen LogP contribution in [-0.4, -0.2) is 11.1 Å². The number of carboxylic acid groups (broad SMARTS) is 1. The van der Waals surface area contributed by atoms with Crippen LogP contribution >= 0.6 is 0 Å². The van der Waals surface area contributed by atoms with Crippen molar-refractivity contribution in [3.63, 3.8) is 0 Å². The quantitative estimate of drug-likeness (QED) is 0.500. The second kappa shape index (κ2) is 5.06. The van der Waals surface area contributed by atoms with Gasteiger partial charge in [-0.25, -0.2) is 4.79 Å². The minimum Gasteiger partial charge on any atom is -0.478 e. The highest BCUT2D eigenvalue weighted by Gasteiger charge is 2.39. The van der Waals surface area contributed by atoms with Crippen LogP contribution in [0.1, 0.15) is 16.7 Å². The molecule has 0 amide bonds. The Morgan fingerprint density at radius 1 is 1.05 bits per heavy atom. The van der Waals surface area contributed by atoms with Crippen LogP contribution in [0.2, 0.25) is 0 Å². The molecular formula is C11H7F6NO2. The molecule has 110 valence electrons. The van der Waals surface area contributed by atoms with E-state index in [-0.39, 0.29) is 6.07 Å². The number of halogens is 6. The molecule has 0 fully saturated rings. The molecule has 0 aliphatic rings. The molecule has 1 aromatic carbocycles. The summed E-state index contributed by atoms with van der Waals surface area (Å²) in [7, 11) is 0. The van der Waals surface area contributed by atoms with Crippen LogP contribution in [0.4, 0.5) is 32.0 Å². The molecule has 0 aliphatic carbocycles. The van der Waals surface area contributed by atoms with Gasteiger partial charge in [0.1, 0.15) is 0 Å². The largest absolute Gasteiger partial charge is 0.478 e. The van der Waals surface area contributed by atoms with Gasteiger partial charge < -0.3 is 10.8 Å². The van der Waals surface area contributed by atoms with Gasteiger partial charge in [0, 0.05) is 11.8 Å². The van der Waals surface area contributed by atoms with Gasteiger partial charge in [0.25, 0.3) is 0 Å². The lowest BCUT2D eigenvalue weighted by molar-refractivity contribution is -0.142. The van der Waals surface area contributed by atoms with Gasteiger partial charge in [0.2, 0.25) is 0 Å². The van der Waals surface area contributed by atoms with Crippen LogP contribution in [0, 0.1) is 0 Å². The third-order valence-corrected chi connectivity index (χ3v) is 2.24. The van der Waals surface area contributed by atoms with Crippen molar-refractivity contribution in [2.24, 2.45) is 0 Å². The lowest BCUT2D eigenvalue weighted by Crippen LogP contribution is -2.14. The van der Waals surface area contributed by atoms with Crippen molar-refractivity contribution in [3.05, 3.63) is 34.9 Å². The molecule has 0 heterocycles. The number of rotatable bonds is 2. The highest BCUT2D eigenvalue weighted by molar-refractivity contribution is 5.86. The number of hydrogen-bond acceptors (Lipinski definition) is 2. The number of alkyl halides is 6. The molecule has 1 rings (SSSR count). The lowest BCUT2D eigenvalue weighted by Gasteiger charge is -2.16. The summed E-state index contributed by atoms with van der Waals surface area (Å²) in [6.45, 7) is 0. The van der Waals surface area contributed by atoms with E-state index in [1.54, 1.807) is 0 Å². The van der Waals surface area contributed by atoms with Crippen molar-refractivity contribution in [2.75, 3.05) is 5.73 Å². The zero-order chi connectivity index (χ0) is 15.7. The molecule has 0 unspecified atom stereocenters. The summed E-state index contributed by atoms with van der Waals surface area (Å²) in [6.07, 6.45) is -9.22. The van der Waals surface area contributed by atoms with Crippen LogP contribution in [-0.2, 0) is 17.1 Å². The van der Waals surface area contributed by atoms with Crippen LogP contribution < -0.4 is 5.73 Å². The first-order chi connectivity index (χ1) is 8.93. The van der Waals surface area contributed by atoms with Gasteiger partial charge in [-0.3, -0.25) is 0 Å². The second-order valence-corrected chi connectivity index (χ2v) is 3.69. The minimum absolute atomic E-state index is 0.142. The molecule has 0 atom stereocenters. The molecule has 0 saturated heterocycles. The first-order valence-electron chi connectivity index (χ1n) is 4.92. The SMILES string of the molecule is Nc1cc(/C=C/C(=O)O)c(C(F)(F)F)cc1C(F)(F)F. The fourth-order valence-corrected chi connectivity index (χ4v) is 1.42. The predicted octanol–water partition coefficient (Wildman–Crippen LogP) is 3.40. The van der Waals surface area contributed by atoms with Gasteiger partial charge in [0.05, 0.1) is 11.1 Å². The maximum atomic E-state index is 12.7. The molecule has 20 heavy (non-hydrogen) atoms. The summed E-state index contributed by atoms with van der Waals surface area (Å²) in [6, 6.07) is 0.294. The maximum absolute atomic E-state index is 12.7. The topological polar surface area (TPSA) is 63.3 Å². The first kappa shape index (κ1) is 15.9. The zero-order valence-corrected chi connectivity index (χ0v) is 9.51. The summed E-state index contributed by atoms with van der Waals surface area (Å²) in [5.41, 5.74) is 0.136. The summed E-state index contributed by atoms with van der Waals surface area (Å²) < 4.78 is 75.6. The highest BCUT2D eigenvalue weighted by Crippen LogP contribution is 2.40. The monoisotopic (exact) mass is 299 g/mol. The van der Waals surface area contributed by atoms with Crippen LogP contribution in [0.3, 0.4) is 0 Å². The van der Waals surface area contributed by atoms with Crippen molar-refractivity contribution >= 4 is 17.7 Å². The number of nitrogens with two attached hydrogens (primary N) is 1. The van der Waals surface area contributed by atoms with E-state index in [0.29, 0.717) is 18.2 Å². The smallest absolute Gasteiger partial charge is 0.418 e. The minimum atomic E-state index is -5.08. The summed E-state index contributed by atoms with van der Waals surface area (Å²) in [5.74, 6) is -1.54. The Balaban J connectivity index is 3.54. The van der Waals surface area contributed by atoms with E-state index in [1.807, 2.05) is 0 Å². The summed E-state index contributed by atoms with van der Waals surface area (Å²) in [5, 5.41) is 8.34. The second-order valence-electron chi connectivity index (χ2n) is 3.69. The lowest BCUT2D eigenvalue weighted by atomic mass is 10.0. The fraction of sp³-hybridized carbons (Fsp3) is 0.182. The van der Waals surface area contributed by atoms with E-state index in [1.165, 1.54) is 0 Å². The standard InChI is InChI=1S/C11H7F6NO2/c12-10(13,14)6-4-7(11(15,16)17)8(18)3-5(6)1-2-9(19)20/h1-4H,18H2,(H,19,20)/b2-1+. The maximum Gasteiger partial charge on any atom is 0.418 e. The molecule has 0 bridgehead atoms. The number of carboxylic acids is 1. The molecule has 3 nitrogen and oxygen atoms in total. The highest BCUT2D eigenvalue weighted by atomic mass is 19.4. The Kier molecular flexibility index (Phi) is 4.02. The molecular weight excluding hydrogens is 292 g/mol. The Morgan fingerprint density at radius 3 is 1.95 bits per heavy atom. The number of hydrogen-bond donors (Lipinski definition) is 2. The van der Waals surface area contributed by atoms with E-state index in [4.69, 9.17) is 10.8 Å². The molecule has 0 aliphatic heterocycles. The van der Waals surface area contributed by atoms with E-state index in [0.717, 1.165) is 0 Å². The van der Waals surface area contributed by atoms with Gasteiger partial charge in [-0.1, -0.05) is 0 Å². The number of nitrogen functional groups attached to an aromatic ring is 1. The summed E-state index contributed by atoms with van der Waals surface area (Å²) in [4.78, 5) is 10.3. The number of aliphatic carboxylic acids is 1. The zero-order valence-electron chi connectivity index (χ0n) is 9.51. The van der Waals surface area contributed by atoms with Crippen molar-refractivity contribution in [2.45, 2.75) is 12.4 Å². The number of benzene rings is 1. The fourth-order valence-electron chi connectivity index (χ4n) is 1.42. The van der Waals surface area contributed by atoms with Crippen molar-refractivity contribution < 1.29 is 36.2 Å². The molecule has 1 aromatic rings. The van der Waals surface area contributed by atoms with E-state index in [2.05, 4.69) is 0 Å². The molecule has 0 radical (unpaired) electrons. The molecule has 3 N–H and O–H groups in total. The Hall–Kier alpha value is -2.19. The van der Waals surface area contributed by atoms with E-state index in [9.17, 15) is 31.1 Å². The number of carbonyl (C=O) groups is 1. The average Bonchev–Trinajstić information content (AvgIpc) is 2.22. The van der Waals surface area contributed by atoms with Crippen molar-refractivity contribution in [1.82, 2.24) is 0 Å². The molecule has 9 heteroatoms. The van der Waals surface area contributed by atoms with Gasteiger partial charge in [-0.15, -0.1) is 0 Å².